The zero-order valence-electron chi connectivity index (χ0n) is 12.0. The van der Waals surface area contributed by atoms with Crippen LogP contribution in [0.15, 0.2) is 36.4 Å². The molecule has 0 amide bonds. The molecule has 1 aromatic heterocycles. The topological polar surface area (TPSA) is 74.6 Å². The number of hydrogen-bond acceptors (Lipinski definition) is 3. The number of carboxylic acids is 2. The fourth-order valence-corrected chi connectivity index (χ4v) is 3.68. The minimum Gasteiger partial charge on any atom is -0.478 e. The first kappa shape index (κ1) is 15.2. The van der Waals surface area contributed by atoms with E-state index in [9.17, 15) is 19.1 Å². The van der Waals surface area contributed by atoms with Gasteiger partial charge in [-0.1, -0.05) is 12.1 Å². The van der Waals surface area contributed by atoms with Crippen LogP contribution in [0.1, 0.15) is 26.3 Å². The lowest BCUT2D eigenvalue weighted by Gasteiger charge is -2.10. The summed E-state index contributed by atoms with van der Waals surface area (Å²) in [4.78, 5) is 23.5. The maximum Gasteiger partial charge on any atom is 0.336 e. The third-order valence-electron chi connectivity index (χ3n) is 3.66. The number of hydrogen-bond donors (Lipinski definition) is 2. The fraction of sp³-hybridized carbons (Fsp3) is 0.0588. The molecule has 0 atom stereocenters. The van der Waals surface area contributed by atoms with E-state index >= 15 is 0 Å². The van der Waals surface area contributed by atoms with Crippen LogP contribution in [0.4, 0.5) is 4.39 Å². The minimum atomic E-state index is -1.19. The van der Waals surface area contributed by atoms with E-state index in [1.807, 2.05) is 0 Å². The molecule has 0 unspecified atom stereocenters. The average Bonchev–Trinajstić information content (AvgIpc) is 2.88. The molecule has 0 aliphatic carbocycles. The van der Waals surface area contributed by atoms with E-state index in [1.54, 1.807) is 12.1 Å². The van der Waals surface area contributed by atoms with Crippen molar-refractivity contribution in [2.24, 2.45) is 0 Å². The van der Waals surface area contributed by atoms with Crippen molar-refractivity contribution in [2.45, 2.75) is 6.92 Å². The molecule has 0 fully saturated rings. The Kier molecular flexibility index (Phi) is 3.61. The molecule has 6 heteroatoms. The Bertz CT molecular complexity index is 959. The zero-order chi connectivity index (χ0) is 16.7. The monoisotopic (exact) mass is 330 g/mol. The van der Waals surface area contributed by atoms with Gasteiger partial charge in [0.1, 0.15) is 5.82 Å². The van der Waals surface area contributed by atoms with Crippen LogP contribution in [0, 0.1) is 12.7 Å². The fourth-order valence-electron chi connectivity index (χ4n) is 2.56. The van der Waals surface area contributed by atoms with Crippen LogP contribution in [-0.4, -0.2) is 22.2 Å². The largest absolute Gasteiger partial charge is 0.478 e. The minimum absolute atomic E-state index is 0.0432. The van der Waals surface area contributed by atoms with Crippen molar-refractivity contribution in [3.05, 3.63) is 58.9 Å². The van der Waals surface area contributed by atoms with Crippen molar-refractivity contribution in [1.82, 2.24) is 0 Å². The Morgan fingerprint density at radius 1 is 1.04 bits per heavy atom. The summed E-state index contributed by atoms with van der Waals surface area (Å²) in [6, 6.07) is 9.02. The lowest BCUT2D eigenvalue weighted by molar-refractivity contribution is 0.0696. The van der Waals surface area contributed by atoms with E-state index in [-0.39, 0.29) is 22.5 Å². The molecule has 116 valence electrons. The molecule has 0 bridgehead atoms. The first-order chi connectivity index (χ1) is 10.9. The first-order valence-corrected chi connectivity index (χ1v) is 7.50. The highest BCUT2D eigenvalue weighted by molar-refractivity contribution is 7.22. The van der Waals surface area contributed by atoms with Gasteiger partial charge in [-0.3, -0.25) is 0 Å². The summed E-state index contributed by atoms with van der Waals surface area (Å²) in [6.45, 7) is 1.48. The summed E-state index contributed by atoms with van der Waals surface area (Å²) in [7, 11) is 0. The molecule has 0 radical (unpaired) electrons. The van der Waals surface area contributed by atoms with Gasteiger partial charge >= 0.3 is 11.9 Å². The predicted octanol–water partition coefficient (Wildman–Crippen LogP) is 4.41. The number of aromatic carboxylic acids is 2. The van der Waals surface area contributed by atoms with Gasteiger partial charge < -0.3 is 10.2 Å². The van der Waals surface area contributed by atoms with E-state index in [1.165, 1.54) is 42.5 Å². The molecule has 0 aliphatic heterocycles. The van der Waals surface area contributed by atoms with E-state index < -0.39 is 11.9 Å². The normalized spacial score (nSPS) is 10.9. The van der Waals surface area contributed by atoms with Crippen molar-refractivity contribution < 1.29 is 24.2 Å². The Balaban J connectivity index is 2.27. The van der Waals surface area contributed by atoms with Gasteiger partial charge in [-0.2, -0.15) is 0 Å². The number of rotatable bonds is 3. The Labute approximate surface area is 134 Å². The lowest BCUT2D eigenvalue weighted by Crippen LogP contribution is -2.08. The van der Waals surface area contributed by atoms with E-state index in [0.717, 1.165) is 5.39 Å². The predicted molar refractivity (Wildman–Crippen MR) is 85.9 cm³/mol. The van der Waals surface area contributed by atoms with E-state index in [2.05, 4.69) is 0 Å². The summed E-state index contributed by atoms with van der Waals surface area (Å²) >= 11 is 1.27. The van der Waals surface area contributed by atoms with Gasteiger partial charge in [-0.25, -0.2) is 14.0 Å². The SMILES string of the molecule is Cc1c(C(=O)O)ccc(-c2cc3ccc(F)cc3s2)c1C(=O)O. The van der Waals surface area contributed by atoms with Gasteiger partial charge in [0.2, 0.25) is 0 Å². The standard InChI is InChI=1S/C17H11FO4S/c1-8-11(16(19)20)4-5-12(15(8)17(21)22)14-6-9-2-3-10(18)7-13(9)23-14/h2-7H,1H3,(H,19,20)(H,21,22). The molecule has 2 aromatic carbocycles. The molecule has 0 saturated heterocycles. The van der Waals surface area contributed by atoms with Gasteiger partial charge in [-0.05, 0) is 42.1 Å². The highest BCUT2D eigenvalue weighted by atomic mass is 32.1. The zero-order valence-corrected chi connectivity index (χ0v) is 12.8. The van der Waals surface area contributed by atoms with Gasteiger partial charge in [0.05, 0.1) is 11.1 Å². The molecular weight excluding hydrogens is 319 g/mol. The van der Waals surface area contributed by atoms with Crippen molar-refractivity contribution in [3.8, 4) is 10.4 Å². The van der Waals surface area contributed by atoms with Crippen LogP contribution in [0.5, 0.6) is 0 Å². The molecule has 23 heavy (non-hydrogen) atoms. The third-order valence-corrected chi connectivity index (χ3v) is 4.79. The van der Waals surface area contributed by atoms with Crippen molar-refractivity contribution >= 4 is 33.4 Å². The molecule has 4 nitrogen and oxygen atoms in total. The second-order valence-corrected chi connectivity index (χ2v) is 6.15. The van der Waals surface area contributed by atoms with Crippen LogP contribution in [0.2, 0.25) is 0 Å². The van der Waals surface area contributed by atoms with E-state index in [4.69, 9.17) is 5.11 Å². The smallest absolute Gasteiger partial charge is 0.336 e. The molecule has 3 aromatic rings. The Morgan fingerprint density at radius 2 is 1.78 bits per heavy atom. The molecule has 0 spiro atoms. The summed E-state index contributed by atoms with van der Waals surface area (Å²) in [5.74, 6) is -2.72. The van der Waals surface area contributed by atoms with Crippen LogP contribution >= 0.6 is 11.3 Å². The van der Waals surface area contributed by atoms with Crippen LogP contribution in [0.25, 0.3) is 20.5 Å². The Hall–Kier alpha value is -2.73. The van der Waals surface area contributed by atoms with Gasteiger partial charge in [0.25, 0.3) is 0 Å². The second kappa shape index (κ2) is 5.48. The van der Waals surface area contributed by atoms with Crippen molar-refractivity contribution in [3.63, 3.8) is 0 Å². The molecule has 2 N–H and O–H groups in total. The summed E-state index contributed by atoms with van der Waals surface area (Å²) in [6.07, 6.45) is 0. The Morgan fingerprint density at radius 3 is 2.43 bits per heavy atom. The summed E-state index contributed by atoms with van der Waals surface area (Å²) in [5, 5.41) is 19.4. The van der Waals surface area contributed by atoms with Crippen molar-refractivity contribution in [2.75, 3.05) is 0 Å². The maximum absolute atomic E-state index is 13.3. The number of fused-ring (bicyclic) bond motifs is 1. The molecule has 0 saturated carbocycles. The first-order valence-electron chi connectivity index (χ1n) is 6.68. The number of carbonyl (C=O) groups is 2. The van der Waals surface area contributed by atoms with Crippen LogP contribution in [0.3, 0.4) is 0 Å². The number of benzene rings is 2. The lowest BCUT2D eigenvalue weighted by atomic mass is 9.96. The van der Waals surface area contributed by atoms with Crippen LogP contribution < -0.4 is 0 Å². The van der Waals surface area contributed by atoms with Gasteiger partial charge in [0, 0.05) is 15.1 Å². The summed E-state index contributed by atoms with van der Waals surface area (Å²) < 4.78 is 14.0. The summed E-state index contributed by atoms with van der Waals surface area (Å²) in [5.41, 5.74) is 0.544. The highest BCUT2D eigenvalue weighted by Crippen LogP contribution is 2.37. The number of thiophene rings is 1. The highest BCUT2D eigenvalue weighted by Gasteiger charge is 2.21. The van der Waals surface area contributed by atoms with Gasteiger partial charge in [-0.15, -0.1) is 11.3 Å². The maximum atomic E-state index is 13.3. The average molecular weight is 330 g/mol. The molecule has 1 heterocycles. The number of halogens is 1. The second-order valence-electron chi connectivity index (χ2n) is 5.06. The third kappa shape index (κ3) is 2.57. The van der Waals surface area contributed by atoms with Crippen LogP contribution in [-0.2, 0) is 0 Å². The van der Waals surface area contributed by atoms with Gasteiger partial charge in [0.15, 0.2) is 0 Å². The molecule has 0 aliphatic rings. The van der Waals surface area contributed by atoms with E-state index in [0.29, 0.717) is 15.1 Å². The van der Waals surface area contributed by atoms with Crippen molar-refractivity contribution in [1.29, 1.82) is 0 Å². The molecule has 3 rings (SSSR count). The molecular formula is C17H11FO4S. The quantitative estimate of drug-likeness (QED) is 0.746. The number of carboxylic acid groups (broad SMARTS) is 2.